The van der Waals surface area contributed by atoms with E-state index in [0.29, 0.717) is 0 Å². The molecule has 1 heterocycles. The van der Waals surface area contributed by atoms with Crippen LogP contribution in [0.5, 0.6) is 0 Å². The highest BCUT2D eigenvalue weighted by atomic mass is 32.2. The van der Waals surface area contributed by atoms with E-state index >= 15 is 0 Å². The van der Waals surface area contributed by atoms with E-state index in [-0.39, 0.29) is 16.7 Å². The third kappa shape index (κ3) is 4.03. The van der Waals surface area contributed by atoms with Crippen LogP contribution in [0.3, 0.4) is 0 Å². The van der Waals surface area contributed by atoms with Gasteiger partial charge in [0.25, 0.3) is 10.0 Å². The summed E-state index contributed by atoms with van der Waals surface area (Å²) in [6, 6.07) is 5.17. The fourth-order valence-electron chi connectivity index (χ4n) is 1.48. The molecule has 0 saturated heterocycles. The number of hydrogen-bond donors (Lipinski definition) is 1. The van der Waals surface area contributed by atoms with E-state index in [1.165, 1.54) is 13.1 Å². The Kier molecular flexibility index (Phi) is 5.50. The van der Waals surface area contributed by atoms with Gasteiger partial charge in [0.1, 0.15) is 9.75 Å². The van der Waals surface area contributed by atoms with Crippen molar-refractivity contribution in [1.29, 1.82) is 5.26 Å². The van der Waals surface area contributed by atoms with Crippen LogP contribution in [0, 0.1) is 17.2 Å². The van der Waals surface area contributed by atoms with Crippen LogP contribution in [-0.4, -0.2) is 37.8 Å². The number of sulfonamides is 1. The number of likely N-dealkylation sites (N-methyl/N-ethyl adjacent to an activating group) is 1. The minimum atomic E-state index is -3.67. The molecule has 0 radical (unpaired) electrons. The van der Waals surface area contributed by atoms with Crippen molar-refractivity contribution in [3.8, 4) is 6.07 Å². The Hall–Kier alpha value is -1.43. The Bertz CT molecular complexity index is 632. The van der Waals surface area contributed by atoms with Crippen molar-refractivity contribution in [2.75, 3.05) is 13.6 Å². The minimum Gasteiger partial charge on any atom is -0.337 e. The number of nitriles is 1. The Morgan fingerprint density at radius 3 is 2.62 bits per heavy atom. The fourth-order valence-corrected chi connectivity index (χ4v) is 3.81. The lowest BCUT2D eigenvalue weighted by atomic mass is 9.90. The second-order valence-electron chi connectivity index (χ2n) is 5.21. The lowest BCUT2D eigenvalue weighted by Gasteiger charge is -2.28. The highest BCUT2D eigenvalue weighted by Gasteiger charge is 2.31. The fraction of sp³-hybridized carbons (Fsp3) is 0.538. The first-order valence-electron chi connectivity index (χ1n) is 6.35. The molecule has 6 nitrogen and oxygen atoms in total. The quantitative estimate of drug-likeness (QED) is 0.854. The normalized spacial score (nSPS) is 14.7. The van der Waals surface area contributed by atoms with Crippen molar-refractivity contribution < 1.29 is 13.2 Å². The van der Waals surface area contributed by atoms with Crippen LogP contribution < -0.4 is 5.32 Å². The van der Waals surface area contributed by atoms with Crippen LogP contribution in [0.2, 0.25) is 0 Å². The molecule has 0 aromatic carbocycles. The summed E-state index contributed by atoms with van der Waals surface area (Å²) in [6.07, 6.45) is 0. The molecule has 1 aromatic heterocycles. The van der Waals surface area contributed by atoms with E-state index in [9.17, 15) is 13.2 Å². The van der Waals surface area contributed by atoms with E-state index in [4.69, 9.17) is 5.26 Å². The first-order chi connectivity index (χ1) is 9.63. The molecule has 1 N–H and O–H groups in total. The molecule has 0 fully saturated rings. The van der Waals surface area contributed by atoms with E-state index in [0.717, 1.165) is 15.6 Å². The SMILES string of the molecule is CC(C)[C@@](C)(C#N)NC(=O)CN(C)S(=O)(=O)c1cccs1. The van der Waals surface area contributed by atoms with Crippen LogP contribution in [0.25, 0.3) is 0 Å². The highest BCUT2D eigenvalue weighted by Crippen LogP contribution is 2.20. The molecule has 0 bridgehead atoms. The van der Waals surface area contributed by atoms with Gasteiger partial charge in [0.05, 0.1) is 12.6 Å². The predicted molar refractivity (Wildman–Crippen MR) is 81.1 cm³/mol. The molecule has 8 heteroatoms. The zero-order valence-corrected chi connectivity index (χ0v) is 14.1. The Morgan fingerprint density at radius 1 is 1.57 bits per heavy atom. The number of carbonyl (C=O) groups is 1. The van der Waals surface area contributed by atoms with Gasteiger partial charge in [0.2, 0.25) is 5.91 Å². The summed E-state index contributed by atoms with van der Waals surface area (Å²) in [5, 5.41) is 13.4. The molecule has 1 amide bonds. The van der Waals surface area contributed by atoms with Gasteiger partial charge < -0.3 is 5.32 Å². The zero-order chi connectivity index (χ0) is 16.3. The highest BCUT2D eigenvalue weighted by molar-refractivity contribution is 7.91. The van der Waals surface area contributed by atoms with Gasteiger partial charge in [-0.2, -0.15) is 9.57 Å². The van der Waals surface area contributed by atoms with E-state index < -0.39 is 21.5 Å². The molecule has 116 valence electrons. The Morgan fingerprint density at radius 2 is 2.19 bits per heavy atom. The first-order valence-corrected chi connectivity index (χ1v) is 8.67. The molecule has 1 rings (SSSR count). The van der Waals surface area contributed by atoms with Crippen LogP contribution in [0.4, 0.5) is 0 Å². The van der Waals surface area contributed by atoms with Gasteiger partial charge >= 0.3 is 0 Å². The van der Waals surface area contributed by atoms with Gasteiger partial charge in [0, 0.05) is 7.05 Å². The maximum atomic E-state index is 12.2. The molecule has 21 heavy (non-hydrogen) atoms. The van der Waals surface area contributed by atoms with Crippen LogP contribution >= 0.6 is 11.3 Å². The molecule has 0 aliphatic rings. The summed E-state index contributed by atoms with van der Waals surface area (Å²) in [6.45, 7) is 4.92. The molecule has 1 aromatic rings. The van der Waals surface area contributed by atoms with E-state index in [1.54, 1.807) is 18.4 Å². The Balaban J connectivity index is 2.78. The van der Waals surface area contributed by atoms with Gasteiger partial charge in [-0.05, 0) is 24.3 Å². The van der Waals surface area contributed by atoms with Gasteiger partial charge in [-0.25, -0.2) is 8.42 Å². The zero-order valence-electron chi connectivity index (χ0n) is 12.5. The summed E-state index contributed by atoms with van der Waals surface area (Å²) in [5.74, 6) is -0.596. The maximum absolute atomic E-state index is 12.2. The molecule has 0 aliphatic carbocycles. The minimum absolute atomic E-state index is 0.0920. The summed E-state index contributed by atoms with van der Waals surface area (Å²) < 4.78 is 25.5. The molecule has 0 unspecified atom stereocenters. The second-order valence-corrected chi connectivity index (χ2v) is 8.43. The van der Waals surface area contributed by atoms with Crippen molar-refractivity contribution in [2.24, 2.45) is 5.92 Å². The number of amides is 1. The largest absolute Gasteiger partial charge is 0.337 e. The monoisotopic (exact) mass is 329 g/mol. The summed E-state index contributed by atoms with van der Waals surface area (Å²) >= 11 is 1.09. The number of carbonyl (C=O) groups excluding carboxylic acids is 1. The van der Waals surface area contributed by atoms with Crippen molar-refractivity contribution in [2.45, 2.75) is 30.5 Å². The third-order valence-corrected chi connectivity index (χ3v) is 6.49. The summed E-state index contributed by atoms with van der Waals surface area (Å²) in [4.78, 5) is 12.0. The molecule has 0 saturated carbocycles. The molecular formula is C13H19N3O3S2. The average Bonchev–Trinajstić information content (AvgIpc) is 2.92. The van der Waals surface area contributed by atoms with Gasteiger partial charge in [-0.1, -0.05) is 19.9 Å². The number of thiophene rings is 1. The van der Waals surface area contributed by atoms with Crippen LogP contribution in [-0.2, 0) is 14.8 Å². The second kappa shape index (κ2) is 6.56. The van der Waals surface area contributed by atoms with Gasteiger partial charge in [-0.3, -0.25) is 4.79 Å². The maximum Gasteiger partial charge on any atom is 0.252 e. The van der Waals surface area contributed by atoms with Crippen molar-refractivity contribution in [1.82, 2.24) is 9.62 Å². The molecular weight excluding hydrogens is 310 g/mol. The number of nitrogens with one attached hydrogen (secondary N) is 1. The molecule has 0 aliphatic heterocycles. The third-order valence-electron chi connectivity index (χ3n) is 3.31. The first kappa shape index (κ1) is 17.6. The summed E-state index contributed by atoms with van der Waals surface area (Å²) in [7, 11) is -2.32. The van der Waals surface area contributed by atoms with Crippen LogP contribution in [0.15, 0.2) is 21.7 Å². The predicted octanol–water partition coefficient (Wildman–Crippen LogP) is 1.42. The van der Waals surface area contributed by atoms with Crippen molar-refractivity contribution >= 4 is 27.3 Å². The lowest BCUT2D eigenvalue weighted by molar-refractivity contribution is -0.122. The van der Waals surface area contributed by atoms with Crippen LogP contribution in [0.1, 0.15) is 20.8 Å². The lowest BCUT2D eigenvalue weighted by Crippen LogP contribution is -2.51. The smallest absolute Gasteiger partial charge is 0.252 e. The molecule has 0 spiro atoms. The Labute approximate surface area is 129 Å². The number of hydrogen-bond acceptors (Lipinski definition) is 5. The van der Waals surface area contributed by atoms with E-state index in [2.05, 4.69) is 11.4 Å². The standard InChI is InChI=1S/C13H19N3O3S2/c1-10(2)13(3,9-14)15-11(17)8-16(4)21(18,19)12-6-5-7-20-12/h5-7,10H,8H2,1-4H3,(H,15,17)/t13-/m1/s1. The number of nitrogens with zero attached hydrogens (tertiary/aromatic N) is 2. The van der Waals surface area contributed by atoms with Crippen molar-refractivity contribution in [3.05, 3.63) is 17.5 Å². The van der Waals surface area contributed by atoms with Gasteiger partial charge in [-0.15, -0.1) is 11.3 Å². The number of rotatable bonds is 6. The topological polar surface area (TPSA) is 90.3 Å². The van der Waals surface area contributed by atoms with E-state index in [1.807, 2.05) is 13.8 Å². The summed E-state index contributed by atoms with van der Waals surface area (Å²) in [5.41, 5.74) is -1.02. The molecule has 1 atom stereocenters. The van der Waals surface area contributed by atoms with Gasteiger partial charge in [0.15, 0.2) is 0 Å². The average molecular weight is 329 g/mol. The van der Waals surface area contributed by atoms with Crippen molar-refractivity contribution in [3.63, 3.8) is 0 Å².